The minimum absolute atomic E-state index is 0.336. The van der Waals surface area contributed by atoms with E-state index in [0.29, 0.717) is 29.8 Å². The number of hydrogen-bond donors (Lipinski definition) is 3. The van der Waals surface area contributed by atoms with Crippen LogP contribution in [0.3, 0.4) is 0 Å². The van der Waals surface area contributed by atoms with Crippen molar-refractivity contribution in [2.24, 2.45) is 10.9 Å². The number of aliphatic imine (C=N–C) groups is 1. The first-order valence-electron chi connectivity index (χ1n) is 9.28. The third-order valence-electron chi connectivity index (χ3n) is 4.58. The van der Waals surface area contributed by atoms with Crippen LogP contribution in [0, 0.1) is 17.2 Å². The Morgan fingerprint density at radius 1 is 1.30 bits per heavy atom. The Kier molecular flexibility index (Phi) is 7.24. The van der Waals surface area contributed by atoms with Crippen LogP contribution in [-0.2, 0) is 6.42 Å². The molecule has 7 nitrogen and oxygen atoms in total. The Labute approximate surface area is 161 Å². The van der Waals surface area contributed by atoms with E-state index in [1.165, 1.54) is 0 Å². The van der Waals surface area contributed by atoms with Crippen molar-refractivity contribution in [3.05, 3.63) is 41.6 Å². The van der Waals surface area contributed by atoms with E-state index in [9.17, 15) is 5.26 Å². The fourth-order valence-corrected chi connectivity index (χ4v) is 2.58. The molecule has 0 aliphatic rings. The van der Waals surface area contributed by atoms with Crippen LogP contribution in [-0.4, -0.2) is 35.4 Å². The zero-order valence-electron chi connectivity index (χ0n) is 16.5. The van der Waals surface area contributed by atoms with Crippen molar-refractivity contribution in [1.29, 1.82) is 5.26 Å². The zero-order valence-corrected chi connectivity index (χ0v) is 16.5. The van der Waals surface area contributed by atoms with Crippen LogP contribution < -0.4 is 16.4 Å². The maximum Gasteiger partial charge on any atom is 0.191 e. The van der Waals surface area contributed by atoms with Crippen molar-refractivity contribution in [3.8, 4) is 11.8 Å². The third kappa shape index (κ3) is 5.23. The van der Waals surface area contributed by atoms with Crippen LogP contribution in [0.15, 0.2) is 35.3 Å². The minimum Gasteiger partial charge on any atom is -0.382 e. The minimum atomic E-state index is 0.336. The summed E-state index contributed by atoms with van der Waals surface area (Å²) in [7, 11) is 1.76. The Morgan fingerprint density at radius 2 is 2.00 bits per heavy atom. The molecule has 0 spiro atoms. The number of hydrogen-bond acceptors (Lipinski definition) is 4. The standard InChI is InChI=1S/C20H29N7/c1-14(2)15(3)25-20(23-4)24-12-8-11-18-17(13-21)19(22)27(26-18)16-9-6-5-7-10-16/h5-7,9-10,14-15H,8,11-12,22H2,1-4H3,(H2,23,24,25). The highest BCUT2D eigenvalue weighted by molar-refractivity contribution is 5.79. The highest BCUT2D eigenvalue weighted by atomic mass is 15.3. The number of benzene rings is 1. The number of nitrogens with zero attached hydrogens (tertiary/aromatic N) is 4. The van der Waals surface area contributed by atoms with Crippen LogP contribution in [0.1, 0.15) is 38.4 Å². The summed E-state index contributed by atoms with van der Waals surface area (Å²) >= 11 is 0. The second-order valence-corrected chi connectivity index (χ2v) is 6.85. The summed E-state index contributed by atoms with van der Waals surface area (Å²) in [5, 5.41) is 20.7. The lowest BCUT2D eigenvalue weighted by Gasteiger charge is -2.20. The molecule has 2 rings (SSSR count). The Balaban J connectivity index is 1.97. The summed E-state index contributed by atoms with van der Waals surface area (Å²) in [5.74, 6) is 1.69. The molecule has 2 aromatic rings. The van der Waals surface area contributed by atoms with E-state index >= 15 is 0 Å². The number of anilines is 1. The lowest BCUT2D eigenvalue weighted by Crippen LogP contribution is -2.44. The highest BCUT2D eigenvalue weighted by Crippen LogP contribution is 2.21. The molecule has 0 amide bonds. The molecule has 0 radical (unpaired) electrons. The van der Waals surface area contributed by atoms with Gasteiger partial charge < -0.3 is 16.4 Å². The van der Waals surface area contributed by atoms with E-state index in [2.05, 4.69) is 47.6 Å². The number of nitrogens with one attached hydrogen (secondary N) is 2. The molecule has 1 aromatic heterocycles. The smallest absolute Gasteiger partial charge is 0.191 e. The summed E-state index contributed by atoms with van der Waals surface area (Å²) in [6, 6.07) is 12.1. The molecule has 0 saturated heterocycles. The lowest BCUT2D eigenvalue weighted by molar-refractivity contribution is 0.480. The maximum absolute atomic E-state index is 9.47. The molecule has 1 atom stereocenters. The van der Waals surface area contributed by atoms with Gasteiger partial charge in [-0.25, -0.2) is 4.68 Å². The van der Waals surface area contributed by atoms with Crippen LogP contribution >= 0.6 is 0 Å². The predicted molar refractivity (Wildman–Crippen MR) is 110 cm³/mol. The summed E-state index contributed by atoms with van der Waals surface area (Å²) < 4.78 is 1.63. The number of nitriles is 1. The van der Waals surface area contributed by atoms with E-state index in [0.717, 1.165) is 30.3 Å². The van der Waals surface area contributed by atoms with E-state index in [1.54, 1.807) is 11.7 Å². The van der Waals surface area contributed by atoms with Crippen molar-refractivity contribution in [1.82, 2.24) is 20.4 Å². The van der Waals surface area contributed by atoms with Crippen LogP contribution in [0.25, 0.3) is 5.69 Å². The van der Waals surface area contributed by atoms with Gasteiger partial charge in [0.25, 0.3) is 0 Å². The number of guanidine groups is 1. The number of aryl methyl sites for hydroxylation is 1. The molecule has 4 N–H and O–H groups in total. The second-order valence-electron chi connectivity index (χ2n) is 6.85. The molecule has 1 unspecified atom stereocenters. The van der Waals surface area contributed by atoms with Gasteiger partial charge in [0.1, 0.15) is 17.5 Å². The first-order chi connectivity index (χ1) is 13.0. The van der Waals surface area contributed by atoms with Crippen LogP contribution in [0.5, 0.6) is 0 Å². The van der Waals surface area contributed by atoms with Crippen molar-refractivity contribution in [3.63, 3.8) is 0 Å². The largest absolute Gasteiger partial charge is 0.382 e. The van der Waals surface area contributed by atoms with Crippen LogP contribution in [0.4, 0.5) is 5.82 Å². The lowest BCUT2D eigenvalue weighted by atomic mass is 10.1. The second kappa shape index (κ2) is 9.62. The Bertz CT molecular complexity index is 800. The molecule has 0 saturated carbocycles. The van der Waals surface area contributed by atoms with Gasteiger partial charge in [0.15, 0.2) is 5.96 Å². The van der Waals surface area contributed by atoms with Gasteiger partial charge in [-0.15, -0.1) is 0 Å². The van der Waals surface area contributed by atoms with Gasteiger partial charge in [0.2, 0.25) is 0 Å². The summed E-state index contributed by atoms with van der Waals surface area (Å²) in [6.07, 6.45) is 1.48. The number of nitrogen functional groups attached to an aromatic ring is 1. The van der Waals surface area contributed by atoms with Crippen molar-refractivity contribution in [2.45, 2.75) is 39.7 Å². The van der Waals surface area contributed by atoms with Gasteiger partial charge in [-0.1, -0.05) is 32.0 Å². The molecule has 0 fully saturated rings. The number of para-hydroxylation sites is 1. The van der Waals surface area contributed by atoms with Gasteiger partial charge in [-0.2, -0.15) is 10.4 Å². The molecule has 0 aliphatic heterocycles. The molecule has 7 heteroatoms. The normalized spacial score (nSPS) is 12.7. The quantitative estimate of drug-likeness (QED) is 0.396. The monoisotopic (exact) mass is 367 g/mol. The van der Waals surface area contributed by atoms with Gasteiger partial charge in [0, 0.05) is 19.6 Å². The number of rotatable bonds is 7. The average Bonchev–Trinajstić information content (AvgIpc) is 2.99. The van der Waals surface area contributed by atoms with Gasteiger partial charge in [0.05, 0.1) is 11.4 Å². The SMILES string of the molecule is CN=C(NCCCc1nn(-c2ccccc2)c(N)c1C#N)NC(C)C(C)C. The summed E-state index contributed by atoms with van der Waals surface area (Å²) in [4.78, 5) is 4.25. The average molecular weight is 368 g/mol. The van der Waals surface area contributed by atoms with Gasteiger partial charge in [-0.05, 0) is 37.8 Å². The summed E-state index contributed by atoms with van der Waals surface area (Å²) in [5.41, 5.74) is 8.16. The first kappa shape index (κ1) is 20.3. The topological polar surface area (TPSA) is 104 Å². The Morgan fingerprint density at radius 3 is 2.59 bits per heavy atom. The molecular weight excluding hydrogens is 338 g/mol. The Hall–Kier alpha value is -3.01. The van der Waals surface area contributed by atoms with Crippen molar-refractivity contribution >= 4 is 11.8 Å². The van der Waals surface area contributed by atoms with Crippen molar-refractivity contribution in [2.75, 3.05) is 19.3 Å². The predicted octanol–water partition coefficient (Wildman–Crippen LogP) is 2.47. The molecule has 0 bridgehead atoms. The maximum atomic E-state index is 9.47. The van der Waals surface area contributed by atoms with Gasteiger partial charge >= 0.3 is 0 Å². The van der Waals surface area contributed by atoms with E-state index in [-0.39, 0.29) is 0 Å². The van der Waals surface area contributed by atoms with Gasteiger partial charge in [-0.3, -0.25) is 4.99 Å². The fraction of sp³-hybridized carbons (Fsp3) is 0.450. The molecule has 144 valence electrons. The van der Waals surface area contributed by atoms with Crippen LogP contribution in [0.2, 0.25) is 0 Å². The van der Waals surface area contributed by atoms with Crippen molar-refractivity contribution < 1.29 is 0 Å². The fourth-order valence-electron chi connectivity index (χ4n) is 2.58. The molecule has 1 heterocycles. The van der Waals surface area contributed by atoms with E-state index < -0.39 is 0 Å². The third-order valence-corrected chi connectivity index (χ3v) is 4.58. The zero-order chi connectivity index (χ0) is 19.8. The summed E-state index contributed by atoms with van der Waals surface area (Å²) in [6.45, 7) is 7.20. The van der Waals surface area contributed by atoms with E-state index in [4.69, 9.17) is 5.73 Å². The molecular formula is C20H29N7. The first-order valence-corrected chi connectivity index (χ1v) is 9.28. The molecule has 27 heavy (non-hydrogen) atoms. The molecule has 1 aromatic carbocycles. The number of nitrogens with two attached hydrogens (primary N) is 1. The number of aromatic nitrogens is 2. The molecule has 0 aliphatic carbocycles. The highest BCUT2D eigenvalue weighted by Gasteiger charge is 2.16. The van der Waals surface area contributed by atoms with E-state index in [1.807, 2.05) is 30.3 Å².